The molecule has 0 fully saturated rings. The Morgan fingerprint density at radius 2 is 2.12 bits per heavy atom. The summed E-state index contributed by atoms with van der Waals surface area (Å²) in [6.07, 6.45) is 1.61. The third kappa shape index (κ3) is 3.80. The molecule has 1 rings (SSSR count). The molecule has 0 aliphatic carbocycles. The van der Waals surface area contributed by atoms with Crippen molar-refractivity contribution in [1.29, 1.82) is 0 Å². The highest BCUT2D eigenvalue weighted by atomic mass is 79.9. The number of rotatable bonds is 5. The van der Waals surface area contributed by atoms with Crippen molar-refractivity contribution >= 4 is 21.8 Å². The van der Waals surface area contributed by atoms with Crippen molar-refractivity contribution in [2.45, 2.75) is 32.2 Å². The molecule has 0 aromatic heterocycles. The Labute approximate surface area is 110 Å². The Morgan fingerprint density at radius 3 is 2.65 bits per heavy atom. The van der Waals surface area contributed by atoms with E-state index >= 15 is 0 Å². The van der Waals surface area contributed by atoms with Crippen LogP contribution in [0.5, 0.6) is 0 Å². The number of halogens is 2. The fourth-order valence-corrected chi connectivity index (χ4v) is 2.40. The number of benzene rings is 1. The molecule has 0 bridgehead atoms. The lowest BCUT2D eigenvalue weighted by Gasteiger charge is -2.29. The molecular weight excluding hydrogens is 285 g/mol. The van der Waals surface area contributed by atoms with Gasteiger partial charge in [-0.05, 0) is 31.9 Å². The van der Waals surface area contributed by atoms with Crippen LogP contribution in [0.2, 0.25) is 0 Å². The topological polar surface area (TPSA) is 29.1 Å². The molecule has 17 heavy (non-hydrogen) atoms. The fraction of sp³-hybridized carbons (Fsp3) is 0.462. The van der Waals surface area contributed by atoms with Gasteiger partial charge in [-0.2, -0.15) is 0 Å². The fourth-order valence-electron chi connectivity index (χ4n) is 1.52. The second kappa shape index (κ2) is 6.15. The molecule has 0 radical (unpaired) electrons. The molecule has 1 aromatic carbocycles. The minimum absolute atomic E-state index is 0.0988. The van der Waals surface area contributed by atoms with E-state index in [9.17, 15) is 9.18 Å². The van der Waals surface area contributed by atoms with Crippen LogP contribution in [0.25, 0.3) is 0 Å². The van der Waals surface area contributed by atoms with Gasteiger partial charge in [0.1, 0.15) is 5.82 Å². The largest absolute Gasteiger partial charge is 0.347 e. The maximum absolute atomic E-state index is 13.4. The molecule has 1 unspecified atom stereocenters. The molecule has 94 valence electrons. The van der Waals surface area contributed by atoms with Gasteiger partial charge in [-0.3, -0.25) is 4.79 Å². The number of hydrogen-bond donors (Lipinski definition) is 1. The summed E-state index contributed by atoms with van der Waals surface area (Å²) >= 11 is 3.36. The highest BCUT2D eigenvalue weighted by molar-refractivity contribution is 9.09. The van der Waals surface area contributed by atoms with Gasteiger partial charge in [-0.1, -0.05) is 35.0 Å². The zero-order valence-corrected chi connectivity index (χ0v) is 11.7. The van der Waals surface area contributed by atoms with Crippen molar-refractivity contribution in [2.24, 2.45) is 0 Å². The van der Waals surface area contributed by atoms with E-state index in [0.29, 0.717) is 0 Å². The molecule has 0 aliphatic heterocycles. The summed E-state index contributed by atoms with van der Waals surface area (Å²) in [7, 11) is 0. The Morgan fingerprint density at radius 1 is 1.47 bits per heavy atom. The van der Waals surface area contributed by atoms with Gasteiger partial charge in [0.25, 0.3) is 5.91 Å². The average molecular weight is 302 g/mol. The number of nitrogens with one attached hydrogen (secondary N) is 1. The molecule has 1 aromatic rings. The summed E-state index contributed by atoms with van der Waals surface area (Å²) in [6.45, 7) is 3.97. The molecule has 0 heterocycles. The summed E-state index contributed by atoms with van der Waals surface area (Å²) < 4.78 is 13.4. The molecule has 0 saturated carbocycles. The van der Waals surface area contributed by atoms with Crippen molar-refractivity contribution in [3.63, 3.8) is 0 Å². The van der Waals surface area contributed by atoms with Gasteiger partial charge in [-0.15, -0.1) is 0 Å². The minimum Gasteiger partial charge on any atom is -0.347 e. The molecule has 0 spiro atoms. The van der Waals surface area contributed by atoms with Crippen LogP contribution >= 0.6 is 15.9 Å². The molecule has 1 amide bonds. The van der Waals surface area contributed by atoms with Crippen LogP contribution in [-0.2, 0) is 0 Å². The van der Waals surface area contributed by atoms with Gasteiger partial charge in [0.15, 0.2) is 0 Å². The van der Waals surface area contributed by atoms with Crippen molar-refractivity contribution in [3.05, 3.63) is 35.6 Å². The molecular formula is C13H17BrFNO. The zero-order valence-electron chi connectivity index (χ0n) is 10.1. The Bertz CT molecular complexity index is 397. The lowest BCUT2D eigenvalue weighted by atomic mass is 9.95. The van der Waals surface area contributed by atoms with Crippen LogP contribution < -0.4 is 5.32 Å². The normalized spacial score (nSPS) is 14.1. The summed E-state index contributed by atoms with van der Waals surface area (Å²) in [5, 5.41) is 3.69. The lowest BCUT2D eigenvalue weighted by molar-refractivity contribution is 0.0897. The van der Waals surface area contributed by atoms with Crippen LogP contribution in [0.4, 0.5) is 4.39 Å². The van der Waals surface area contributed by atoms with E-state index in [2.05, 4.69) is 21.2 Å². The third-order valence-corrected chi connectivity index (χ3v) is 3.36. The van der Waals surface area contributed by atoms with Gasteiger partial charge in [-0.25, -0.2) is 4.39 Å². The number of carbonyl (C=O) groups excluding carboxylic acids is 1. The molecule has 1 atom stereocenters. The highest BCUT2D eigenvalue weighted by Crippen LogP contribution is 2.17. The molecule has 4 heteroatoms. The predicted octanol–water partition coefficient (Wildman–Crippen LogP) is 3.51. The number of carbonyl (C=O) groups is 1. The first-order valence-corrected chi connectivity index (χ1v) is 6.77. The van der Waals surface area contributed by atoms with Gasteiger partial charge in [0.2, 0.25) is 0 Å². The van der Waals surface area contributed by atoms with E-state index < -0.39 is 5.82 Å². The quantitative estimate of drug-likeness (QED) is 0.829. The summed E-state index contributed by atoms with van der Waals surface area (Å²) in [6, 6.07) is 6.02. The van der Waals surface area contributed by atoms with Crippen molar-refractivity contribution in [1.82, 2.24) is 5.32 Å². The number of alkyl halides is 1. The second-order valence-electron chi connectivity index (χ2n) is 4.29. The van der Waals surface area contributed by atoms with Crippen molar-refractivity contribution < 1.29 is 9.18 Å². The van der Waals surface area contributed by atoms with E-state index in [1.165, 1.54) is 12.1 Å². The SMILES string of the molecule is CCC(C)(CCBr)NC(=O)c1ccccc1F. The van der Waals surface area contributed by atoms with Gasteiger partial charge < -0.3 is 5.32 Å². The maximum Gasteiger partial charge on any atom is 0.254 e. The van der Waals surface area contributed by atoms with E-state index in [1.54, 1.807) is 12.1 Å². The first kappa shape index (κ1) is 14.2. The monoisotopic (exact) mass is 301 g/mol. The van der Waals surface area contributed by atoms with Gasteiger partial charge in [0, 0.05) is 10.9 Å². The summed E-state index contributed by atoms with van der Waals surface area (Å²) in [5.74, 6) is -0.837. The van der Waals surface area contributed by atoms with Crippen LogP contribution in [0.3, 0.4) is 0 Å². The van der Waals surface area contributed by atoms with Crippen molar-refractivity contribution in [3.8, 4) is 0 Å². The molecule has 0 aliphatic rings. The number of hydrogen-bond acceptors (Lipinski definition) is 1. The van der Waals surface area contributed by atoms with E-state index in [1.807, 2.05) is 13.8 Å². The second-order valence-corrected chi connectivity index (χ2v) is 5.08. The summed E-state index contributed by atoms with van der Waals surface area (Å²) in [5.41, 5.74) is -0.204. The molecule has 1 N–H and O–H groups in total. The lowest BCUT2D eigenvalue weighted by Crippen LogP contribution is -2.46. The van der Waals surface area contributed by atoms with Crippen LogP contribution in [0.15, 0.2) is 24.3 Å². The smallest absolute Gasteiger partial charge is 0.254 e. The Kier molecular flexibility index (Phi) is 5.12. The van der Waals surface area contributed by atoms with E-state index in [0.717, 1.165) is 18.2 Å². The minimum atomic E-state index is -0.484. The first-order chi connectivity index (χ1) is 8.02. The van der Waals surface area contributed by atoms with Crippen molar-refractivity contribution in [2.75, 3.05) is 5.33 Å². The standard InChI is InChI=1S/C13H17BrFNO/c1-3-13(2,8-9-14)16-12(17)10-6-4-5-7-11(10)15/h4-7H,3,8-9H2,1-2H3,(H,16,17). The summed E-state index contributed by atoms with van der Waals surface area (Å²) in [4.78, 5) is 11.9. The molecule has 0 saturated heterocycles. The Balaban J connectivity index is 2.82. The Hall–Kier alpha value is -0.900. The van der Waals surface area contributed by atoms with Crippen LogP contribution in [0, 0.1) is 5.82 Å². The van der Waals surface area contributed by atoms with Gasteiger partial charge in [0.05, 0.1) is 5.56 Å². The highest BCUT2D eigenvalue weighted by Gasteiger charge is 2.24. The third-order valence-electron chi connectivity index (χ3n) is 2.96. The number of amides is 1. The van der Waals surface area contributed by atoms with Crippen LogP contribution in [-0.4, -0.2) is 16.8 Å². The maximum atomic E-state index is 13.4. The zero-order chi connectivity index (χ0) is 12.9. The molecule has 2 nitrogen and oxygen atoms in total. The van der Waals surface area contributed by atoms with Gasteiger partial charge >= 0.3 is 0 Å². The van der Waals surface area contributed by atoms with E-state index in [4.69, 9.17) is 0 Å². The van der Waals surface area contributed by atoms with Crippen LogP contribution in [0.1, 0.15) is 37.0 Å². The average Bonchev–Trinajstić information content (AvgIpc) is 2.29. The first-order valence-electron chi connectivity index (χ1n) is 5.65. The predicted molar refractivity (Wildman–Crippen MR) is 71.0 cm³/mol. The van der Waals surface area contributed by atoms with E-state index in [-0.39, 0.29) is 17.0 Å².